The molecule has 0 spiro atoms. The highest BCUT2D eigenvalue weighted by Crippen LogP contribution is 2.39. The van der Waals surface area contributed by atoms with Crippen LogP contribution in [0.4, 0.5) is 0 Å². The maximum atomic E-state index is 3.35. The second kappa shape index (κ2) is 9.50. The molecule has 0 saturated heterocycles. The first-order valence-electron chi connectivity index (χ1n) is 12.6. The third-order valence-electron chi connectivity index (χ3n) is 6.84. The van der Waals surface area contributed by atoms with E-state index in [2.05, 4.69) is 98.5 Å². The molecule has 0 N–H and O–H groups in total. The van der Waals surface area contributed by atoms with Crippen molar-refractivity contribution in [3.05, 3.63) is 93.7 Å². The highest BCUT2D eigenvalue weighted by Gasteiger charge is 2.09. The Balaban J connectivity index is 1.37. The number of thiophene rings is 2. The van der Waals surface area contributed by atoms with Gasteiger partial charge in [-0.25, -0.2) is 0 Å². The first kappa shape index (κ1) is 22.4. The van der Waals surface area contributed by atoms with E-state index in [1.54, 1.807) is 11.3 Å². The Morgan fingerprint density at radius 1 is 0.629 bits per heavy atom. The van der Waals surface area contributed by atoms with Crippen LogP contribution in [0, 0.1) is 18.8 Å². The summed E-state index contributed by atoms with van der Waals surface area (Å²) in [5.41, 5.74) is 2.53. The standard InChI is InChI=1S/C33H28S2/c1-3-4-5-6-7-23-9-12-25-18-30-31-19-26-13-10-24(11-15-29-14-8-22(2)34-29)17-28(26)21-33(31)35-32(30)20-27(25)16-23/h8-10,12-14,16-21H,3-7H2,1-2H3. The Kier molecular flexibility index (Phi) is 6.06. The van der Waals surface area contributed by atoms with Gasteiger partial charge in [0.05, 0.1) is 4.88 Å². The molecule has 0 nitrogen and oxygen atoms in total. The predicted octanol–water partition coefficient (Wildman–Crippen LogP) is 10.3. The van der Waals surface area contributed by atoms with Crippen LogP contribution in [0.5, 0.6) is 0 Å². The SMILES string of the molecule is CCCCCCc1ccc2cc3c(cc2c1)sc1cc2cc(C#Cc4ccc(C)s4)ccc2cc13. The number of aryl methyl sites for hydroxylation is 2. The van der Waals surface area contributed by atoms with Crippen molar-refractivity contribution in [3.8, 4) is 11.8 Å². The second-order valence-electron chi connectivity index (χ2n) is 9.51. The smallest absolute Gasteiger partial charge is 0.0775 e. The van der Waals surface area contributed by atoms with Crippen molar-refractivity contribution >= 4 is 64.4 Å². The molecule has 172 valence electrons. The van der Waals surface area contributed by atoms with Crippen molar-refractivity contribution < 1.29 is 0 Å². The van der Waals surface area contributed by atoms with Gasteiger partial charge < -0.3 is 0 Å². The molecular weight excluding hydrogens is 460 g/mol. The molecule has 2 heteroatoms. The van der Waals surface area contributed by atoms with Crippen LogP contribution in [-0.2, 0) is 6.42 Å². The zero-order valence-electron chi connectivity index (χ0n) is 20.3. The summed E-state index contributed by atoms with van der Waals surface area (Å²) >= 11 is 3.66. The zero-order valence-corrected chi connectivity index (χ0v) is 21.9. The summed E-state index contributed by atoms with van der Waals surface area (Å²) < 4.78 is 2.72. The van der Waals surface area contributed by atoms with E-state index in [1.165, 1.54) is 84.3 Å². The fraction of sp³-hybridized carbons (Fsp3) is 0.212. The number of rotatable bonds is 5. The van der Waals surface area contributed by atoms with Crippen LogP contribution < -0.4 is 0 Å². The van der Waals surface area contributed by atoms with Crippen molar-refractivity contribution in [2.45, 2.75) is 46.0 Å². The molecule has 2 aromatic heterocycles. The molecule has 0 unspecified atom stereocenters. The van der Waals surface area contributed by atoms with Gasteiger partial charge in [0.2, 0.25) is 0 Å². The first-order chi connectivity index (χ1) is 17.2. The van der Waals surface area contributed by atoms with E-state index in [-0.39, 0.29) is 0 Å². The number of hydrogen-bond acceptors (Lipinski definition) is 2. The third kappa shape index (κ3) is 4.59. The van der Waals surface area contributed by atoms with Crippen molar-refractivity contribution in [1.82, 2.24) is 0 Å². The molecule has 6 rings (SSSR count). The van der Waals surface area contributed by atoms with Gasteiger partial charge in [-0.15, -0.1) is 22.7 Å². The van der Waals surface area contributed by atoms with Gasteiger partial charge >= 0.3 is 0 Å². The van der Waals surface area contributed by atoms with Gasteiger partial charge in [0.25, 0.3) is 0 Å². The molecule has 0 atom stereocenters. The largest absolute Gasteiger partial charge is 0.135 e. The normalized spacial score (nSPS) is 11.5. The van der Waals surface area contributed by atoms with Gasteiger partial charge in [0, 0.05) is 30.6 Å². The minimum absolute atomic E-state index is 1.07. The van der Waals surface area contributed by atoms with Crippen LogP contribution in [0.1, 0.15) is 53.5 Å². The van der Waals surface area contributed by atoms with E-state index >= 15 is 0 Å². The van der Waals surface area contributed by atoms with Gasteiger partial charge in [0.15, 0.2) is 0 Å². The zero-order chi connectivity index (χ0) is 23.8. The van der Waals surface area contributed by atoms with Crippen LogP contribution in [0.3, 0.4) is 0 Å². The monoisotopic (exact) mass is 488 g/mol. The number of fused-ring (bicyclic) bond motifs is 5. The highest BCUT2D eigenvalue weighted by atomic mass is 32.1. The summed E-state index contributed by atoms with van der Waals surface area (Å²) in [5.74, 6) is 6.67. The summed E-state index contributed by atoms with van der Waals surface area (Å²) in [5, 5.41) is 7.96. The van der Waals surface area contributed by atoms with Crippen molar-refractivity contribution in [2.24, 2.45) is 0 Å². The Labute approximate surface area is 215 Å². The Morgan fingerprint density at radius 3 is 2.09 bits per heavy atom. The van der Waals surface area contributed by atoms with Crippen molar-refractivity contribution in [1.29, 1.82) is 0 Å². The molecule has 0 radical (unpaired) electrons. The molecule has 2 heterocycles. The molecule has 6 aromatic rings. The fourth-order valence-corrected chi connectivity index (χ4v) is 6.82. The van der Waals surface area contributed by atoms with Crippen LogP contribution in [0.25, 0.3) is 41.7 Å². The van der Waals surface area contributed by atoms with Crippen molar-refractivity contribution in [2.75, 3.05) is 0 Å². The Hall–Kier alpha value is -3.12. The molecule has 0 aliphatic carbocycles. The predicted molar refractivity (Wildman–Crippen MR) is 157 cm³/mol. The van der Waals surface area contributed by atoms with Gasteiger partial charge in [-0.3, -0.25) is 0 Å². The van der Waals surface area contributed by atoms with E-state index in [9.17, 15) is 0 Å². The lowest BCUT2D eigenvalue weighted by Gasteiger charge is -2.05. The maximum Gasteiger partial charge on any atom is 0.0775 e. The molecular formula is C33H28S2. The second-order valence-corrected chi connectivity index (χ2v) is 11.9. The Bertz CT molecular complexity index is 1750. The van der Waals surface area contributed by atoms with Crippen LogP contribution >= 0.6 is 22.7 Å². The molecule has 0 amide bonds. The lowest BCUT2D eigenvalue weighted by atomic mass is 9.99. The van der Waals surface area contributed by atoms with Gasteiger partial charge in [-0.2, -0.15) is 0 Å². The average molecular weight is 489 g/mol. The first-order valence-corrected chi connectivity index (χ1v) is 14.2. The lowest BCUT2D eigenvalue weighted by molar-refractivity contribution is 0.667. The van der Waals surface area contributed by atoms with E-state index < -0.39 is 0 Å². The molecule has 0 bridgehead atoms. The van der Waals surface area contributed by atoms with Crippen LogP contribution in [0.2, 0.25) is 0 Å². The summed E-state index contributed by atoms with van der Waals surface area (Å²) in [6.45, 7) is 4.40. The van der Waals surface area contributed by atoms with E-state index in [0.29, 0.717) is 0 Å². The molecule has 0 aliphatic heterocycles. The molecule has 35 heavy (non-hydrogen) atoms. The summed E-state index contributed by atoms with van der Waals surface area (Å²) in [7, 11) is 0. The van der Waals surface area contributed by atoms with Gasteiger partial charge in [-0.1, -0.05) is 62.3 Å². The summed E-state index contributed by atoms with van der Waals surface area (Å²) in [4.78, 5) is 2.43. The topological polar surface area (TPSA) is 0 Å². The summed E-state index contributed by atoms with van der Waals surface area (Å²) in [6.07, 6.45) is 6.44. The van der Waals surface area contributed by atoms with E-state index in [0.717, 1.165) is 10.4 Å². The van der Waals surface area contributed by atoms with Crippen LogP contribution in [-0.4, -0.2) is 0 Å². The van der Waals surface area contributed by atoms with E-state index in [1.807, 2.05) is 11.3 Å². The van der Waals surface area contributed by atoms with E-state index in [4.69, 9.17) is 0 Å². The lowest BCUT2D eigenvalue weighted by Crippen LogP contribution is -1.86. The van der Waals surface area contributed by atoms with Gasteiger partial charge in [-0.05, 0) is 95.4 Å². The minimum atomic E-state index is 1.07. The van der Waals surface area contributed by atoms with Gasteiger partial charge in [0.1, 0.15) is 0 Å². The number of benzene rings is 4. The third-order valence-corrected chi connectivity index (χ3v) is 8.87. The molecule has 0 aliphatic rings. The Morgan fingerprint density at radius 2 is 1.37 bits per heavy atom. The van der Waals surface area contributed by atoms with Crippen molar-refractivity contribution in [3.63, 3.8) is 0 Å². The molecule has 4 aromatic carbocycles. The molecule has 0 fully saturated rings. The minimum Gasteiger partial charge on any atom is -0.135 e. The maximum absolute atomic E-state index is 3.35. The highest BCUT2D eigenvalue weighted by molar-refractivity contribution is 7.26. The number of hydrogen-bond donors (Lipinski definition) is 0. The average Bonchev–Trinajstić information content (AvgIpc) is 3.44. The van der Waals surface area contributed by atoms with Crippen LogP contribution in [0.15, 0.2) is 72.8 Å². The molecule has 0 saturated carbocycles. The quantitative estimate of drug-likeness (QED) is 0.167. The number of unbranched alkanes of at least 4 members (excludes halogenated alkanes) is 3. The fourth-order valence-electron chi connectivity index (χ4n) is 4.94. The summed E-state index contributed by atoms with van der Waals surface area (Å²) in [6, 6.07) is 27.4.